The Bertz CT molecular complexity index is 1460. The molecule has 39 heavy (non-hydrogen) atoms. The average molecular weight is 560 g/mol. The Morgan fingerprint density at radius 2 is 1.41 bits per heavy atom. The Balaban J connectivity index is 1.34. The van der Waals surface area contributed by atoms with Crippen LogP contribution in [-0.2, 0) is 38.9 Å². The second-order valence-electron chi connectivity index (χ2n) is 9.52. The van der Waals surface area contributed by atoms with Crippen molar-refractivity contribution in [3.05, 3.63) is 89.5 Å². The van der Waals surface area contributed by atoms with E-state index in [-0.39, 0.29) is 29.8 Å². The third-order valence-corrected chi connectivity index (χ3v) is 7.80. The van der Waals surface area contributed by atoms with Crippen molar-refractivity contribution in [1.82, 2.24) is 10.6 Å². The first kappa shape index (κ1) is 28.3. The lowest BCUT2D eigenvalue weighted by Crippen LogP contribution is -2.39. The summed E-state index contributed by atoms with van der Waals surface area (Å²) in [7, 11) is -3.90. The van der Waals surface area contributed by atoms with Crippen molar-refractivity contribution >= 4 is 21.8 Å². The third-order valence-electron chi connectivity index (χ3n) is 6.84. The van der Waals surface area contributed by atoms with Gasteiger partial charge in [-0.05, 0) is 47.7 Å². The molecule has 1 fully saturated rings. The molecule has 3 aromatic carbocycles. The van der Waals surface area contributed by atoms with E-state index in [4.69, 9.17) is 5.14 Å². The van der Waals surface area contributed by atoms with Crippen LogP contribution in [0.25, 0.3) is 11.1 Å². The van der Waals surface area contributed by atoms with Crippen molar-refractivity contribution in [3.8, 4) is 11.1 Å². The van der Waals surface area contributed by atoms with Gasteiger partial charge in [0.25, 0.3) is 0 Å². The predicted molar refractivity (Wildman–Crippen MR) is 139 cm³/mol. The Hall–Kier alpha value is -3.70. The van der Waals surface area contributed by atoms with Crippen molar-refractivity contribution in [2.24, 2.45) is 17.0 Å². The number of benzene rings is 3. The first-order valence-electron chi connectivity index (χ1n) is 12.4. The summed E-state index contributed by atoms with van der Waals surface area (Å²) in [6.07, 6.45) is -2.72. The molecular formula is C28H28F3N3O4S. The fourth-order valence-corrected chi connectivity index (χ4v) is 5.60. The van der Waals surface area contributed by atoms with Gasteiger partial charge in [0.15, 0.2) is 0 Å². The highest BCUT2D eigenvalue weighted by Gasteiger charge is 2.37. The van der Waals surface area contributed by atoms with E-state index >= 15 is 0 Å². The lowest BCUT2D eigenvalue weighted by atomic mass is 9.94. The number of nitrogens with two attached hydrogens (primary N) is 1. The molecule has 2 amide bonds. The summed E-state index contributed by atoms with van der Waals surface area (Å²) in [6, 6.07) is 18.2. The first-order chi connectivity index (χ1) is 18.4. The normalized spacial score (nSPS) is 17.5. The standard InChI is InChI=1S/C28H28F3N3O4S/c29-28(30,31)21-6-3-5-19(15-21)17-34-27(36)24-9-4-8-23(24)26(35)33-16-18-11-13-20(14-12-18)22-7-1-2-10-25(22)39(32,37)38/h1-3,5-7,10-15,23-24H,4,8-9,16-17H2,(H,33,35)(H,34,36)(H2,32,37,38)/t23?,24-/m1/s1. The summed E-state index contributed by atoms with van der Waals surface area (Å²) in [5.41, 5.74) is 1.45. The molecular weight excluding hydrogens is 531 g/mol. The van der Waals surface area contributed by atoms with Crippen molar-refractivity contribution in [2.75, 3.05) is 0 Å². The van der Waals surface area contributed by atoms with Gasteiger partial charge in [-0.15, -0.1) is 0 Å². The number of sulfonamides is 1. The predicted octanol–water partition coefficient (Wildman–Crippen LogP) is 4.37. The number of rotatable bonds is 8. The van der Waals surface area contributed by atoms with Crippen LogP contribution in [0.1, 0.15) is 36.0 Å². The number of amides is 2. The van der Waals surface area contributed by atoms with E-state index in [9.17, 15) is 31.2 Å². The fraction of sp³-hybridized carbons (Fsp3) is 0.286. The monoisotopic (exact) mass is 559 g/mol. The van der Waals surface area contributed by atoms with E-state index in [1.807, 2.05) is 0 Å². The second-order valence-corrected chi connectivity index (χ2v) is 11.0. The Kier molecular flexibility index (Phi) is 8.41. The maximum Gasteiger partial charge on any atom is 0.416 e. The van der Waals surface area contributed by atoms with Gasteiger partial charge in [0.1, 0.15) is 0 Å². The third kappa shape index (κ3) is 7.04. The highest BCUT2D eigenvalue weighted by atomic mass is 32.2. The summed E-state index contributed by atoms with van der Waals surface area (Å²) in [5, 5.41) is 10.9. The molecule has 1 aliphatic rings. The SMILES string of the molecule is NS(=O)(=O)c1ccccc1-c1ccc(CNC(=O)C2CCC[C@H]2C(=O)NCc2cccc(C(F)(F)F)c2)cc1. The number of alkyl halides is 3. The zero-order chi connectivity index (χ0) is 28.2. The molecule has 0 aromatic heterocycles. The van der Waals surface area contributed by atoms with Gasteiger partial charge in [-0.3, -0.25) is 9.59 Å². The van der Waals surface area contributed by atoms with Crippen molar-refractivity contribution < 1.29 is 31.2 Å². The van der Waals surface area contributed by atoms with Crippen molar-refractivity contribution in [2.45, 2.75) is 43.4 Å². The van der Waals surface area contributed by atoms with Crippen LogP contribution >= 0.6 is 0 Å². The highest BCUT2D eigenvalue weighted by Crippen LogP contribution is 2.33. The lowest BCUT2D eigenvalue weighted by Gasteiger charge is -2.19. The minimum absolute atomic E-state index is 0.0182. The number of carbonyl (C=O) groups excluding carboxylic acids is 2. The maximum absolute atomic E-state index is 12.9. The van der Waals surface area contributed by atoms with Crippen LogP contribution < -0.4 is 15.8 Å². The van der Waals surface area contributed by atoms with Crippen LogP contribution in [0.2, 0.25) is 0 Å². The van der Waals surface area contributed by atoms with E-state index < -0.39 is 33.6 Å². The molecule has 2 atom stereocenters. The molecule has 3 aromatic rings. The van der Waals surface area contributed by atoms with Crippen LogP contribution in [0.4, 0.5) is 13.2 Å². The number of nitrogens with one attached hydrogen (secondary N) is 2. The van der Waals surface area contributed by atoms with Crippen molar-refractivity contribution in [3.63, 3.8) is 0 Å². The van der Waals surface area contributed by atoms with Crippen LogP contribution in [0.5, 0.6) is 0 Å². The van der Waals surface area contributed by atoms with Gasteiger partial charge in [-0.25, -0.2) is 13.6 Å². The van der Waals surface area contributed by atoms with Gasteiger partial charge >= 0.3 is 6.18 Å². The highest BCUT2D eigenvalue weighted by molar-refractivity contribution is 7.89. The summed E-state index contributed by atoms with van der Waals surface area (Å²) in [5.74, 6) is -1.72. The van der Waals surface area contributed by atoms with Crippen LogP contribution in [-0.4, -0.2) is 20.2 Å². The van der Waals surface area contributed by atoms with E-state index in [1.54, 1.807) is 42.5 Å². The van der Waals surface area contributed by atoms with Gasteiger partial charge in [-0.1, -0.05) is 61.0 Å². The van der Waals surface area contributed by atoms with Gasteiger partial charge in [0.2, 0.25) is 21.8 Å². The molecule has 0 bridgehead atoms. The van der Waals surface area contributed by atoms with E-state index in [2.05, 4.69) is 10.6 Å². The molecule has 1 saturated carbocycles. The molecule has 1 aliphatic carbocycles. The van der Waals surface area contributed by atoms with Crippen LogP contribution in [0.3, 0.4) is 0 Å². The smallest absolute Gasteiger partial charge is 0.352 e. The van der Waals surface area contributed by atoms with Gasteiger partial charge < -0.3 is 10.6 Å². The first-order valence-corrected chi connectivity index (χ1v) is 13.9. The molecule has 0 heterocycles. The maximum atomic E-state index is 12.9. The molecule has 0 saturated heterocycles. The summed E-state index contributed by atoms with van der Waals surface area (Å²) in [6.45, 7) is 0.152. The van der Waals surface area contributed by atoms with E-state index in [0.717, 1.165) is 17.7 Å². The number of carbonyl (C=O) groups is 2. The molecule has 0 radical (unpaired) electrons. The Labute approximate surface area is 224 Å². The van der Waals surface area contributed by atoms with Crippen LogP contribution in [0, 0.1) is 11.8 Å². The van der Waals surface area contributed by atoms with E-state index in [1.165, 1.54) is 18.2 Å². The lowest BCUT2D eigenvalue weighted by molar-refractivity contribution is -0.137. The quantitative estimate of drug-likeness (QED) is 0.380. The zero-order valence-corrected chi connectivity index (χ0v) is 21.7. The molecule has 0 aliphatic heterocycles. The summed E-state index contributed by atoms with van der Waals surface area (Å²) < 4.78 is 62.6. The molecule has 4 rings (SSSR count). The zero-order valence-electron chi connectivity index (χ0n) is 20.9. The Morgan fingerprint density at radius 1 is 0.821 bits per heavy atom. The largest absolute Gasteiger partial charge is 0.416 e. The minimum Gasteiger partial charge on any atom is -0.352 e. The molecule has 4 N–H and O–H groups in total. The number of primary sulfonamides is 1. The second kappa shape index (κ2) is 11.6. The van der Waals surface area contributed by atoms with E-state index in [0.29, 0.717) is 36.0 Å². The van der Waals surface area contributed by atoms with Gasteiger partial charge in [0, 0.05) is 30.5 Å². The minimum atomic E-state index is -4.47. The van der Waals surface area contributed by atoms with Crippen LogP contribution in [0.15, 0.2) is 77.7 Å². The van der Waals surface area contributed by atoms with Gasteiger partial charge in [-0.2, -0.15) is 13.2 Å². The molecule has 0 spiro atoms. The van der Waals surface area contributed by atoms with Crippen molar-refractivity contribution in [1.29, 1.82) is 0 Å². The molecule has 206 valence electrons. The molecule has 1 unspecified atom stereocenters. The fourth-order valence-electron chi connectivity index (χ4n) is 4.84. The number of halogens is 3. The topological polar surface area (TPSA) is 118 Å². The summed E-state index contributed by atoms with van der Waals surface area (Å²) >= 11 is 0. The summed E-state index contributed by atoms with van der Waals surface area (Å²) in [4.78, 5) is 25.7. The molecule has 7 nitrogen and oxygen atoms in total. The molecule has 11 heteroatoms. The number of hydrogen-bond acceptors (Lipinski definition) is 4. The van der Waals surface area contributed by atoms with Gasteiger partial charge in [0.05, 0.1) is 10.5 Å². The number of hydrogen-bond donors (Lipinski definition) is 3. The average Bonchev–Trinajstić information content (AvgIpc) is 3.40. The Morgan fingerprint density at radius 3 is 2.00 bits per heavy atom.